The van der Waals surface area contributed by atoms with Crippen molar-refractivity contribution in [2.75, 3.05) is 18.5 Å². The van der Waals surface area contributed by atoms with Crippen LogP contribution in [-0.2, 0) is 16.1 Å². The molecule has 2 N–H and O–H groups in total. The van der Waals surface area contributed by atoms with Crippen molar-refractivity contribution < 1.29 is 9.53 Å². The number of ether oxygens (including phenoxy) is 1. The van der Waals surface area contributed by atoms with Crippen molar-refractivity contribution >= 4 is 11.6 Å². The van der Waals surface area contributed by atoms with Gasteiger partial charge in [0.1, 0.15) is 0 Å². The zero-order valence-corrected chi connectivity index (χ0v) is 12.3. The third-order valence-electron chi connectivity index (χ3n) is 3.47. The van der Waals surface area contributed by atoms with Gasteiger partial charge in [-0.2, -0.15) is 0 Å². The molecule has 1 saturated heterocycles. The zero-order valence-electron chi connectivity index (χ0n) is 12.3. The zero-order chi connectivity index (χ0) is 14.4. The second-order valence-electron chi connectivity index (χ2n) is 5.64. The molecule has 0 spiro atoms. The summed E-state index contributed by atoms with van der Waals surface area (Å²) in [5, 5.41) is 6.33. The molecule has 1 atom stereocenters. The third kappa shape index (κ3) is 4.62. The lowest BCUT2D eigenvalue weighted by Gasteiger charge is -2.21. The first kappa shape index (κ1) is 15.0. The van der Waals surface area contributed by atoms with Crippen molar-refractivity contribution in [2.45, 2.75) is 39.3 Å². The van der Waals surface area contributed by atoms with E-state index in [9.17, 15) is 4.79 Å². The van der Waals surface area contributed by atoms with Crippen LogP contribution >= 0.6 is 0 Å². The molecule has 1 heterocycles. The second-order valence-corrected chi connectivity index (χ2v) is 5.64. The fourth-order valence-electron chi connectivity index (χ4n) is 2.22. The number of rotatable bonds is 5. The monoisotopic (exact) mass is 276 g/mol. The minimum Gasteiger partial charge on any atom is -0.381 e. The van der Waals surface area contributed by atoms with Crippen LogP contribution in [0.15, 0.2) is 24.3 Å². The Kier molecular flexibility index (Phi) is 5.56. The quantitative estimate of drug-likeness (QED) is 0.869. The highest BCUT2D eigenvalue weighted by molar-refractivity contribution is 5.92. The number of amides is 1. The Morgan fingerprint density at radius 2 is 2.10 bits per heavy atom. The first-order valence-electron chi connectivity index (χ1n) is 7.36. The van der Waals surface area contributed by atoms with Crippen LogP contribution in [0.4, 0.5) is 5.69 Å². The maximum atomic E-state index is 12.1. The van der Waals surface area contributed by atoms with E-state index in [0.29, 0.717) is 12.6 Å². The lowest BCUT2D eigenvalue weighted by molar-refractivity contribution is -0.123. The smallest absolute Gasteiger partial charge is 0.229 e. The summed E-state index contributed by atoms with van der Waals surface area (Å²) in [6.07, 6.45) is 1.89. The molecule has 20 heavy (non-hydrogen) atoms. The molecule has 4 nitrogen and oxygen atoms in total. The van der Waals surface area contributed by atoms with Crippen LogP contribution < -0.4 is 10.6 Å². The highest BCUT2D eigenvalue weighted by Crippen LogP contribution is 2.17. The van der Waals surface area contributed by atoms with Crippen LogP contribution in [0, 0.1) is 5.92 Å². The average Bonchev–Trinajstić information content (AvgIpc) is 2.47. The van der Waals surface area contributed by atoms with Gasteiger partial charge >= 0.3 is 0 Å². The summed E-state index contributed by atoms with van der Waals surface area (Å²) in [5.41, 5.74) is 2.08. The van der Waals surface area contributed by atoms with Crippen LogP contribution in [0.3, 0.4) is 0 Å². The molecule has 0 aromatic heterocycles. The van der Waals surface area contributed by atoms with Crippen LogP contribution in [0.25, 0.3) is 0 Å². The van der Waals surface area contributed by atoms with E-state index in [0.717, 1.165) is 31.7 Å². The minimum atomic E-state index is -0.00830. The molecule has 1 aromatic rings. The van der Waals surface area contributed by atoms with E-state index < -0.39 is 0 Å². The van der Waals surface area contributed by atoms with Gasteiger partial charge in [-0.05, 0) is 30.5 Å². The number of carbonyl (C=O) groups is 1. The highest BCUT2D eigenvalue weighted by atomic mass is 16.5. The Morgan fingerprint density at radius 1 is 1.35 bits per heavy atom. The van der Waals surface area contributed by atoms with E-state index >= 15 is 0 Å². The number of hydrogen-bond acceptors (Lipinski definition) is 3. The average molecular weight is 276 g/mol. The summed E-state index contributed by atoms with van der Waals surface area (Å²) < 4.78 is 5.35. The maximum Gasteiger partial charge on any atom is 0.229 e. The van der Waals surface area contributed by atoms with Gasteiger partial charge in [-0.15, -0.1) is 0 Å². The summed E-state index contributed by atoms with van der Waals surface area (Å²) in [7, 11) is 0. The first-order chi connectivity index (χ1) is 9.65. The molecule has 1 fully saturated rings. The summed E-state index contributed by atoms with van der Waals surface area (Å²) in [6.45, 7) is 6.42. The van der Waals surface area contributed by atoms with E-state index in [1.807, 2.05) is 24.3 Å². The molecular formula is C16H24N2O2. The Labute approximate surface area is 120 Å². The van der Waals surface area contributed by atoms with Gasteiger partial charge in [-0.3, -0.25) is 4.79 Å². The molecule has 1 amide bonds. The van der Waals surface area contributed by atoms with Crippen molar-refractivity contribution in [3.05, 3.63) is 29.8 Å². The predicted octanol–water partition coefficient (Wildman–Crippen LogP) is 2.55. The number of hydrogen-bond donors (Lipinski definition) is 2. The topological polar surface area (TPSA) is 50.4 Å². The summed E-state index contributed by atoms with van der Waals surface area (Å²) in [5.74, 6) is 0.0591. The number of nitrogens with one attached hydrogen (secondary N) is 2. The molecule has 2 rings (SSSR count). The number of anilines is 1. The van der Waals surface area contributed by atoms with E-state index in [2.05, 4.69) is 24.5 Å². The molecule has 110 valence electrons. The Hall–Kier alpha value is -1.39. The molecule has 0 radical (unpaired) electrons. The van der Waals surface area contributed by atoms with Crippen molar-refractivity contribution in [1.29, 1.82) is 0 Å². The van der Waals surface area contributed by atoms with Gasteiger partial charge in [0, 0.05) is 24.9 Å². The standard InChI is InChI=1S/C16H24N2O2/c1-12(2)17-10-13-5-7-15(8-6-13)18-16(19)14-4-3-9-20-11-14/h5-8,12,14,17H,3-4,9-11H2,1-2H3,(H,18,19). The Bertz CT molecular complexity index is 423. The van der Waals surface area contributed by atoms with Gasteiger partial charge in [-0.1, -0.05) is 26.0 Å². The largest absolute Gasteiger partial charge is 0.381 e. The van der Waals surface area contributed by atoms with Gasteiger partial charge in [0.25, 0.3) is 0 Å². The van der Waals surface area contributed by atoms with E-state index in [-0.39, 0.29) is 11.8 Å². The third-order valence-corrected chi connectivity index (χ3v) is 3.47. The first-order valence-corrected chi connectivity index (χ1v) is 7.36. The van der Waals surface area contributed by atoms with Crippen LogP contribution in [0.1, 0.15) is 32.3 Å². The van der Waals surface area contributed by atoms with Crippen molar-refractivity contribution in [1.82, 2.24) is 5.32 Å². The van der Waals surface area contributed by atoms with Gasteiger partial charge < -0.3 is 15.4 Å². The molecule has 0 bridgehead atoms. The molecule has 1 aliphatic rings. The fraction of sp³-hybridized carbons (Fsp3) is 0.562. The molecule has 1 aromatic carbocycles. The predicted molar refractivity (Wildman–Crippen MR) is 80.6 cm³/mol. The second kappa shape index (κ2) is 7.41. The Morgan fingerprint density at radius 3 is 2.70 bits per heavy atom. The van der Waals surface area contributed by atoms with Crippen molar-refractivity contribution in [3.63, 3.8) is 0 Å². The molecular weight excluding hydrogens is 252 g/mol. The highest BCUT2D eigenvalue weighted by Gasteiger charge is 2.21. The maximum absolute atomic E-state index is 12.1. The molecule has 1 unspecified atom stereocenters. The number of carbonyl (C=O) groups excluding carboxylic acids is 1. The lowest BCUT2D eigenvalue weighted by Crippen LogP contribution is -2.30. The van der Waals surface area contributed by atoms with Crippen LogP contribution in [0.5, 0.6) is 0 Å². The van der Waals surface area contributed by atoms with Gasteiger partial charge in [0.2, 0.25) is 5.91 Å². The van der Waals surface area contributed by atoms with Gasteiger partial charge in [0.05, 0.1) is 12.5 Å². The van der Waals surface area contributed by atoms with E-state index in [4.69, 9.17) is 4.74 Å². The lowest BCUT2D eigenvalue weighted by atomic mass is 10.0. The van der Waals surface area contributed by atoms with Gasteiger partial charge in [0.15, 0.2) is 0 Å². The van der Waals surface area contributed by atoms with Crippen LogP contribution in [0.2, 0.25) is 0 Å². The molecule has 0 saturated carbocycles. The molecule has 0 aliphatic carbocycles. The van der Waals surface area contributed by atoms with Gasteiger partial charge in [-0.25, -0.2) is 0 Å². The van der Waals surface area contributed by atoms with Crippen molar-refractivity contribution in [2.24, 2.45) is 5.92 Å². The Balaban J connectivity index is 1.84. The summed E-state index contributed by atoms with van der Waals surface area (Å²) in [6, 6.07) is 8.48. The van der Waals surface area contributed by atoms with E-state index in [1.165, 1.54) is 5.56 Å². The van der Waals surface area contributed by atoms with E-state index in [1.54, 1.807) is 0 Å². The fourth-order valence-corrected chi connectivity index (χ4v) is 2.22. The summed E-state index contributed by atoms with van der Waals surface area (Å²) >= 11 is 0. The van der Waals surface area contributed by atoms with Crippen LogP contribution in [-0.4, -0.2) is 25.2 Å². The SMILES string of the molecule is CC(C)NCc1ccc(NC(=O)C2CCCOC2)cc1. The normalized spacial score (nSPS) is 19.1. The minimum absolute atomic E-state index is 0.00830. The molecule has 4 heteroatoms. The molecule has 1 aliphatic heterocycles. The summed E-state index contributed by atoms with van der Waals surface area (Å²) in [4.78, 5) is 12.1. The number of benzene rings is 1. The van der Waals surface area contributed by atoms with Crippen molar-refractivity contribution in [3.8, 4) is 0 Å².